The highest BCUT2D eigenvalue weighted by atomic mass is 32.1. The summed E-state index contributed by atoms with van der Waals surface area (Å²) in [6.45, 7) is 0. The Labute approximate surface area is 77.2 Å². The van der Waals surface area contributed by atoms with E-state index < -0.39 is 11.6 Å². The first-order valence-corrected chi connectivity index (χ1v) is 4.40. The van der Waals surface area contributed by atoms with Gasteiger partial charge in [0.15, 0.2) is 0 Å². The molecule has 0 radical (unpaired) electrons. The van der Waals surface area contributed by atoms with Crippen molar-refractivity contribution in [2.45, 2.75) is 0 Å². The van der Waals surface area contributed by atoms with E-state index in [1.807, 2.05) is 0 Å². The molecule has 0 saturated heterocycles. The smallest absolute Gasteiger partial charge is 0.244 e. The largest absolute Gasteiger partial charge is 0.285 e. The summed E-state index contributed by atoms with van der Waals surface area (Å²) in [6.07, 6.45) is 1.28. The summed E-state index contributed by atoms with van der Waals surface area (Å²) in [4.78, 5) is 22.2. The highest BCUT2D eigenvalue weighted by Gasteiger charge is 2.21. The fourth-order valence-electron chi connectivity index (χ4n) is 1.18. The maximum atomic E-state index is 11.2. The first-order valence-electron chi connectivity index (χ1n) is 3.52. The Kier molecular flexibility index (Phi) is 1.61. The van der Waals surface area contributed by atoms with E-state index in [1.54, 1.807) is 17.5 Å². The van der Waals surface area contributed by atoms with Gasteiger partial charge in [-0.15, -0.1) is 11.3 Å². The molecule has 1 aromatic heterocycles. The van der Waals surface area contributed by atoms with Gasteiger partial charge in [-0.3, -0.25) is 9.59 Å². The first-order chi connectivity index (χ1) is 6.24. The molecule has 0 aliphatic heterocycles. The average molecular weight is 189 g/mol. The standard InChI is InChI=1S/C9H3NO2S/c10-4-6-5-1-2-13-8(5)3-7(11)9(6)12/h1-3H. The molecule has 0 aromatic carbocycles. The van der Waals surface area contributed by atoms with E-state index in [-0.39, 0.29) is 5.57 Å². The van der Waals surface area contributed by atoms with E-state index in [0.29, 0.717) is 9.75 Å². The fraction of sp³-hybridized carbons (Fsp3) is 0. The Morgan fingerprint density at radius 2 is 2.15 bits per heavy atom. The van der Waals surface area contributed by atoms with Crippen LogP contribution in [-0.2, 0) is 9.59 Å². The first kappa shape index (κ1) is 7.90. The van der Waals surface area contributed by atoms with Gasteiger partial charge in [-0.1, -0.05) is 0 Å². The molecule has 0 atom stereocenters. The van der Waals surface area contributed by atoms with E-state index in [9.17, 15) is 9.59 Å². The Morgan fingerprint density at radius 1 is 1.38 bits per heavy atom. The van der Waals surface area contributed by atoms with Gasteiger partial charge >= 0.3 is 0 Å². The number of nitrogens with zero attached hydrogens (tertiary/aromatic N) is 1. The molecular formula is C9H3NO2S. The third-order valence-electron chi connectivity index (χ3n) is 1.79. The molecule has 0 bridgehead atoms. The predicted octanol–water partition coefficient (Wildman–Crippen LogP) is -0.645. The number of ketones is 2. The van der Waals surface area contributed by atoms with E-state index in [4.69, 9.17) is 5.26 Å². The maximum Gasteiger partial charge on any atom is 0.244 e. The van der Waals surface area contributed by atoms with Gasteiger partial charge in [-0.2, -0.15) is 5.26 Å². The van der Waals surface area contributed by atoms with Gasteiger partial charge in [-0.25, -0.2) is 0 Å². The third kappa shape index (κ3) is 1.02. The minimum Gasteiger partial charge on any atom is -0.285 e. The molecule has 3 nitrogen and oxygen atoms in total. The quantitative estimate of drug-likeness (QED) is 0.510. The summed E-state index contributed by atoms with van der Waals surface area (Å²) in [5.74, 6) is -1.31. The van der Waals surface area contributed by atoms with Crippen LogP contribution in [0.1, 0.15) is 0 Å². The van der Waals surface area contributed by atoms with Crippen molar-refractivity contribution >= 4 is 34.6 Å². The van der Waals surface area contributed by atoms with E-state index in [2.05, 4.69) is 0 Å². The van der Waals surface area contributed by atoms with Crippen LogP contribution < -0.4 is 9.75 Å². The van der Waals surface area contributed by atoms with Crippen molar-refractivity contribution in [3.8, 4) is 6.07 Å². The zero-order valence-corrected chi connectivity index (χ0v) is 7.22. The van der Waals surface area contributed by atoms with Gasteiger partial charge in [0.05, 0.1) is 0 Å². The summed E-state index contributed by atoms with van der Waals surface area (Å²) in [5, 5.41) is 11.0. The van der Waals surface area contributed by atoms with Gasteiger partial charge in [0.1, 0.15) is 11.6 Å². The molecule has 0 fully saturated rings. The van der Waals surface area contributed by atoms with Crippen LogP contribution in [0.3, 0.4) is 0 Å². The molecule has 1 aromatic rings. The normalized spacial score (nSPS) is 14.8. The Balaban J connectivity index is 3.00. The van der Waals surface area contributed by atoms with Gasteiger partial charge in [0.2, 0.25) is 11.6 Å². The van der Waals surface area contributed by atoms with Crippen LogP contribution >= 0.6 is 11.3 Å². The molecule has 4 heteroatoms. The third-order valence-corrected chi connectivity index (χ3v) is 2.65. The SMILES string of the molecule is N#CC1=c2ccsc2=CC(=O)C1=O. The Bertz CT molecular complexity index is 559. The molecule has 0 amide bonds. The van der Waals surface area contributed by atoms with Crippen molar-refractivity contribution < 1.29 is 9.59 Å². The minimum absolute atomic E-state index is 0.0382. The average Bonchev–Trinajstić information content (AvgIpc) is 2.54. The number of rotatable bonds is 0. The lowest BCUT2D eigenvalue weighted by Gasteiger charge is -1.96. The maximum absolute atomic E-state index is 11.2. The van der Waals surface area contributed by atoms with E-state index >= 15 is 0 Å². The number of thiophene rings is 1. The summed E-state index contributed by atoms with van der Waals surface area (Å²) < 4.78 is 0.696. The number of hydrogen-bond donors (Lipinski definition) is 0. The van der Waals surface area contributed by atoms with Crippen molar-refractivity contribution in [1.82, 2.24) is 0 Å². The molecule has 0 spiro atoms. The van der Waals surface area contributed by atoms with Crippen LogP contribution in [0.5, 0.6) is 0 Å². The fourth-order valence-corrected chi connectivity index (χ4v) is 2.00. The number of Topliss-reactive ketones (excluding diaryl/α,β-unsaturated/α-hetero) is 2. The van der Waals surface area contributed by atoms with E-state index in [1.165, 1.54) is 17.4 Å². The van der Waals surface area contributed by atoms with Gasteiger partial charge in [-0.05, 0) is 11.4 Å². The topological polar surface area (TPSA) is 57.9 Å². The lowest BCUT2D eigenvalue weighted by molar-refractivity contribution is -0.129. The second kappa shape index (κ2) is 2.64. The van der Waals surface area contributed by atoms with Gasteiger partial charge in [0.25, 0.3) is 0 Å². The monoisotopic (exact) mass is 189 g/mol. The molecule has 0 saturated carbocycles. The van der Waals surface area contributed by atoms with Crippen LogP contribution in [0.25, 0.3) is 11.6 Å². The summed E-state index contributed by atoms with van der Waals surface area (Å²) in [5.41, 5.74) is -0.0382. The van der Waals surface area contributed by atoms with Crippen LogP contribution in [-0.4, -0.2) is 11.6 Å². The second-order valence-corrected chi connectivity index (χ2v) is 3.47. The van der Waals surface area contributed by atoms with Crippen LogP contribution in [0, 0.1) is 11.3 Å². The van der Waals surface area contributed by atoms with Crippen molar-refractivity contribution in [3.05, 3.63) is 21.2 Å². The minimum atomic E-state index is -0.701. The zero-order valence-electron chi connectivity index (χ0n) is 6.40. The molecule has 0 unspecified atom stereocenters. The second-order valence-electron chi connectivity index (χ2n) is 2.52. The molecule has 62 valence electrons. The van der Waals surface area contributed by atoms with Crippen molar-refractivity contribution in [3.63, 3.8) is 0 Å². The molecular weight excluding hydrogens is 186 g/mol. The van der Waals surface area contributed by atoms with E-state index in [0.717, 1.165) is 0 Å². The number of fused-ring (bicyclic) bond motifs is 1. The zero-order chi connectivity index (χ0) is 9.42. The van der Waals surface area contributed by atoms with Gasteiger partial charge in [0, 0.05) is 15.8 Å². The summed E-state index contributed by atoms with van der Waals surface area (Å²) in [6, 6.07) is 3.44. The lowest BCUT2D eigenvalue weighted by Crippen LogP contribution is -2.33. The Morgan fingerprint density at radius 3 is 2.85 bits per heavy atom. The predicted molar refractivity (Wildman–Crippen MR) is 47.1 cm³/mol. The number of carbonyl (C=O) groups excluding carboxylic acids is 2. The number of hydrogen-bond acceptors (Lipinski definition) is 4. The van der Waals surface area contributed by atoms with Crippen molar-refractivity contribution in [2.75, 3.05) is 0 Å². The summed E-state index contributed by atoms with van der Waals surface area (Å²) in [7, 11) is 0. The lowest BCUT2D eigenvalue weighted by atomic mass is 10.0. The highest BCUT2D eigenvalue weighted by Crippen LogP contribution is 2.00. The summed E-state index contributed by atoms with van der Waals surface area (Å²) >= 11 is 1.35. The van der Waals surface area contributed by atoms with Crippen LogP contribution in [0.15, 0.2) is 11.4 Å². The molecule has 1 aliphatic carbocycles. The molecule has 1 heterocycles. The Hall–Kier alpha value is -1.73. The molecule has 1 aliphatic rings. The van der Waals surface area contributed by atoms with Crippen LogP contribution in [0.2, 0.25) is 0 Å². The molecule has 2 rings (SSSR count). The van der Waals surface area contributed by atoms with Crippen LogP contribution in [0.4, 0.5) is 0 Å². The molecule has 13 heavy (non-hydrogen) atoms. The number of nitriles is 1. The van der Waals surface area contributed by atoms with Crippen molar-refractivity contribution in [2.24, 2.45) is 0 Å². The molecule has 0 N–H and O–H groups in total. The number of carbonyl (C=O) groups is 2. The highest BCUT2D eigenvalue weighted by molar-refractivity contribution is 7.08. The van der Waals surface area contributed by atoms with Gasteiger partial charge < -0.3 is 0 Å². The van der Waals surface area contributed by atoms with Crippen molar-refractivity contribution in [1.29, 1.82) is 5.26 Å².